The van der Waals surface area contributed by atoms with Crippen LogP contribution in [0.3, 0.4) is 0 Å². The molecule has 1 unspecified atom stereocenters. The summed E-state index contributed by atoms with van der Waals surface area (Å²) in [7, 11) is -3.32. The van der Waals surface area contributed by atoms with Gasteiger partial charge in [-0.25, -0.2) is 26.8 Å². The maximum atomic E-state index is 13.3. The van der Waals surface area contributed by atoms with E-state index in [4.69, 9.17) is 0 Å². The van der Waals surface area contributed by atoms with Gasteiger partial charge in [-0.2, -0.15) is 10.4 Å². The van der Waals surface area contributed by atoms with Gasteiger partial charge in [0.2, 0.25) is 10.0 Å². The maximum absolute atomic E-state index is 13.3. The van der Waals surface area contributed by atoms with Gasteiger partial charge in [0.25, 0.3) is 0 Å². The van der Waals surface area contributed by atoms with Gasteiger partial charge in [-0.15, -0.1) is 11.3 Å². The zero-order chi connectivity index (χ0) is 21.3. The molecule has 4 rings (SSSR count). The normalized spacial score (nSPS) is 17.7. The molecule has 1 aromatic carbocycles. The van der Waals surface area contributed by atoms with Crippen molar-refractivity contribution in [3.05, 3.63) is 69.2 Å². The molecule has 10 heteroatoms. The fraction of sp³-hybridized carbons (Fsp3) is 0.350. The quantitative estimate of drug-likeness (QED) is 0.601. The van der Waals surface area contributed by atoms with Gasteiger partial charge in [0, 0.05) is 19.0 Å². The monoisotopic (exact) mass is 443 g/mol. The number of thiophene rings is 1. The molecule has 8 nitrogen and oxygen atoms in total. The number of hydrogen-bond acceptors (Lipinski definition) is 6. The molecule has 0 bridgehead atoms. The predicted octanol–water partition coefficient (Wildman–Crippen LogP) is 2.15. The zero-order valence-corrected chi connectivity index (χ0v) is 18.1. The number of nitrogens with zero attached hydrogens (tertiary/aromatic N) is 5. The van der Waals surface area contributed by atoms with Crippen molar-refractivity contribution in [2.75, 3.05) is 19.3 Å². The topological polar surface area (TPSA) is 101 Å². The van der Waals surface area contributed by atoms with E-state index in [0.29, 0.717) is 36.5 Å². The average Bonchev–Trinajstić information content (AvgIpc) is 3.36. The highest BCUT2D eigenvalue weighted by Crippen LogP contribution is 2.29. The van der Waals surface area contributed by atoms with Gasteiger partial charge in [-0.3, -0.25) is 0 Å². The first kappa shape index (κ1) is 20.5. The number of rotatable bonds is 5. The zero-order valence-electron chi connectivity index (χ0n) is 16.4. The molecule has 30 heavy (non-hydrogen) atoms. The van der Waals surface area contributed by atoms with E-state index in [1.54, 1.807) is 22.8 Å². The van der Waals surface area contributed by atoms with Crippen LogP contribution in [0.5, 0.6) is 0 Å². The van der Waals surface area contributed by atoms with Gasteiger partial charge in [0.05, 0.1) is 24.4 Å². The van der Waals surface area contributed by atoms with Crippen molar-refractivity contribution in [2.24, 2.45) is 0 Å². The molecule has 1 saturated heterocycles. The van der Waals surface area contributed by atoms with Crippen LogP contribution in [0.1, 0.15) is 35.7 Å². The molecule has 2 aromatic heterocycles. The molecular formula is C20H21N5O3S2. The maximum Gasteiger partial charge on any atom is 0.351 e. The van der Waals surface area contributed by atoms with E-state index in [1.165, 1.54) is 26.6 Å². The minimum Gasteiger partial charge on any atom is -0.246 e. The Morgan fingerprint density at radius 3 is 2.77 bits per heavy atom. The van der Waals surface area contributed by atoms with Crippen LogP contribution in [0.15, 0.2) is 46.6 Å². The second-order valence-corrected chi connectivity index (χ2v) is 10.2. The first-order chi connectivity index (χ1) is 14.4. The highest BCUT2D eigenvalue weighted by Gasteiger charge is 2.31. The largest absolute Gasteiger partial charge is 0.351 e. The Balaban J connectivity index is 1.78. The summed E-state index contributed by atoms with van der Waals surface area (Å²) in [6.45, 7) is 0.959. The van der Waals surface area contributed by atoms with Crippen molar-refractivity contribution in [2.45, 2.75) is 25.3 Å². The van der Waals surface area contributed by atoms with Crippen molar-refractivity contribution in [1.29, 1.82) is 5.26 Å². The average molecular weight is 444 g/mol. The van der Waals surface area contributed by atoms with Crippen LogP contribution < -0.4 is 5.69 Å². The third-order valence-electron chi connectivity index (χ3n) is 5.27. The number of benzene rings is 1. The number of sulfonamides is 1. The Labute approximate surface area is 178 Å². The Hall–Kier alpha value is -2.74. The van der Waals surface area contributed by atoms with Gasteiger partial charge < -0.3 is 0 Å². The first-order valence-corrected chi connectivity index (χ1v) is 12.3. The molecule has 0 amide bonds. The van der Waals surface area contributed by atoms with Gasteiger partial charge in [0.15, 0.2) is 0 Å². The second-order valence-electron chi connectivity index (χ2n) is 7.31. The molecule has 0 N–H and O–H groups in total. The molecule has 0 radical (unpaired) electrons. The number of aromatic nitrogens is 3. The van der Waals surface area contributed by atoms with Crippen LogP contribution in [-0.4, -0.2) is 46.4 Å². The van der Waals surface area contributed by atoms with E-state index < -0.39 is 10.0 Å². The summed E-state index contributed by atoms with van der Waals surface area (Å²) in [5.41, 5.74) is 0.917. The lowest BCUT2D eigenvalue weighted by Gasteiger charge is -2.30. The predicted molar refractivity (Wildman–Crippen MR) is 114 cm³/mol. The molecule has 0 saturated carbocycles. The molecule has 0 aliphatic carbocycles. The van der Waals surface area contributed by atoms with E-state index in [-0.39, 0.29) is 18.2 Å². The third-order valence-corrected chi connectivity index (χ3v) is 7.39. The number of hydrogen-bond donors (Lipinski definition) is 0. The fourth-order valence-electron chi connectivity index (χ4n) is 3.78. The Morgan fingerprint density at radius 1 is 1.27 bits per heavy atom. The summed E-state index contributed by atoms with van der Waals surface area (Å²) in [5.74, 6) is 0.376. The highest BCUT2D eigenvalue weighted by molar-refractivity contribution is 7.88. The fourth-order valence-corrected chi connectivity index (χ4v) is 5.42. The molecule has 1 fully saturated rings. The molecule has 1 aliphatic heterocycles. The molecule has 3 heterocycles. The molecular weight excluding hydrogens is 422 g/mol. The van der Waals surface area contributed by atoms with Crippen molar-refractivity contribution >= 4 is 21.4 Å². The Kier molecular flexibility index (Phi) is 5.60. The van der Waals surface area contributed by atoms with E-state index in [9.17, 15) is 18.5 Å². The van der Waals surface area contributed by atoms with E-state index in [0.717, 1.165) is 11.4 Å². The van der Waals surface area contributed by atoms with Gasteiger partial charge >= 0.3 is 5.69 Å². The summed E-state index contributed by atoms with van der Waals surface area (Å²) in [6.07, 6.45) is 2.67. The number of piperidine rings is 1. The van der Waals surface area contributed by atoms with Crippen LogP contribution in [0.2, 0.25) is 0 Å². The molecule has 1 aliphatic rings. The van der Waals surface area contributed by atoms with Gasteiger partial charge in [-0.1, -0.05) is 18.2 Å². The van der Waals surface area contributed by atoms with Gasteiger partial charge in [0.1, 0.15) is 10.8 Å². The van der Waals surface area contributed by atoms with Crippen LogP contribution in [0, 0.1) is 11.3 Å². The lowest BCUT2D eigenvalue weighted by molar-refractivity contribution is 0.308. The lowest BCUT2D eigenvalue weighted by Crippen LogP contribution is -2.39. The molecule has 156 valence electrons. The van der Waals surface area contributed by atoms with E-state index >= 15 is 0 Å². The van der Waals surface area contributed by atoms with E-state index in [2.05, 4.69) is 11.2 Å². The third kappa shape index (κ3) is 3.96. The van der Waals surface area contributed by atoms with Crippen molar-refractivity contribution in [3.63, 3.8) is 0 Å². The SMILES string of the molecule is CS(=O)(=O)N1CCCC(c2nn(Cc3ccccc3C#N)c(=O)n2-c2cccs2)C1. The summed E-state index contributed by atoms with van der Waals surface area (Å²) in [5, 5.41) is 16.6. The summed E-state index contributed by atoms with van der Waals surface area (Å²) < 4.78 is 28.5. The lowest BCUT2D eigenvalue weighted by atomic mass is 9.99. The second kappa shape index (κ2) is 8.18. The van der Waals surface area contributed by atoms with Crippen molar-refractivity contribution in [1.82, 2.24) is 18.7 Å². The van der Waals surface area contributed by atoms with Crippen molar-refractivity contribution < 1.29 is 8.42 Å². The summed E-state index contributed by atoms with van der Waals surface area (Å²) >= 11 is 1.43. The minimum absolute atomic E-state index is 0.177. The molecule has 0 spiro atoms. The summed E-state index contributed by atoms with van der Waals surface area (Å²) in [4.78, 5) is 13.3. The van der Waals surface area contributed by atoms with Crippen LogP contribution in [-0.2, 0) is 16.6 Å². The smallest absolute Gasteiger partial charge is 0.246 e. The van der Waals surface area contributed by atoms with Gasteiger partial charge in [-0.05, 0) is 42.0 Å². The van der Waals surface area contributed by atoms with E-state index in [1.807, 2.05) is 23.6 Å². The first-order valence-electron chi connectivity index (χ1n) is 9.55. The highest BCUT2D eigenvalue weighted by atomic mass is 32.2. The van der Waals surface area contributed by atoms with Crippen LogP contribution in [0.4, 0.5) is 0 Å². The molecule has 3 aromatic rings. The standard InChI is InChI=1S/C20H21N5O3S2/c1-30(27,28)23-10-4-8-17(13-23)19-22-24(14-16-7-3-2-6-15(16)12-21)20(26)25(19)18-9-5-11-29-18/h2-3,5-7,9,11,17H,4,8,10,13-14H2,1H3. The molecule has 1 atom stereocenters. The minimum atomic E-state index is -3.32. The Bertz CT molecular complexity index is 1250. The number of nitriles is 1. The van der Waals surface area contributed by atoms with Crippen molar-refractivity contribution in [3.8, 4) is 11.1 Å². The van der Waals surface area contributed by atoms with Crippen LogP contribution >= 0.6 is 11.3 Å². The summed E-state index contributed by atoms with van der Waals surface area (Å²) in [6, 6.07) is 13.0. The Morgan fingerprint density at radius 2 is 2.07 bits per heavy atom. The van der Waals surface area contributed by atoms with Crippen LogP contribution in [0.25, 0.3) is 5.00 Å².